The SMILES string of the molecule is CCOc1ccc(-n2c(SCc3nc(-c4ccc(CC)cc4)no3)nnc2-c2ccncc2)cc1. The van der Waals surface area contributed by atoms with E-state index >= 15 is 0 Å². The Labute approximate surface area is 207 Å². The first-order valence-corrected chi connectivity index (χ1v) is 12.4. The summed E-state index contributed by atoms with van der Waals surface area (Å²) in [5, 5.41) is 13.8. The van der Waals surface area contributed by atoms with Crippen LogP contribution < -0.4 is 4.74 Å². The van der Waals surface area contributed by atoms with Crippen LogP contribution in [0.4, 0.5) is 0 Å². The Morgan fingerprint density at radius 3 is 2.37 bits per heavy atom. The van der Waals surface area contributed by atoms with Gasteiger partial charge in [0, 0.05) is 29.2 Å². The lowest BCUT2D eigenvalue weighted by atomic mass is 10.1. The van der Waals surface area contributed by atoms with Crippen LogP contribution >= 0.6 is 11.8 Å². The molecule has 3 heterocycles. The first kappa shape index (κ1) is 22.8. The second kappa shape index (κ2) is 10.5. The number of hydrogen-bond acceptors (Lipinski definition) is 8. The molecule has 5 aromatic rings. The Morgan fingerprint density at radius 2 is 1.66 bits per heavy atom. The number of ether oxygens (including phenoxy) is 1. The van der Waals surface area contributed by atoms with Gasteiger partial charge < -0.3 is 9.26 Å². The van der Waals surface area contributed by atoms with Gasteiger partial charge in [0.2, 0.25) is 11.7 Å². The molecule has 0 radical (unpaired) electrons. The van der Waals surface area contributed by atoms with Crippen LogP contribution in [0.3, 0.4) is 0 Å². The molecule has 0 fully saturated rings. The van der Waals surface area contributed by atoms with E-state index in [2.05, 4.69) is 44.4 Å². The molecule has 0 bridgehead atoms. The van der Waals surface area contributed by atoms with Crippen LogP contribution in [0.1, 0.15) is 25.3 Å². The van der Waals surface area contributed by atoms with E-state index in [1.54, 1.807) is 12.4 Å². The molecule has 0 aliphatic rings. The highest BCUT2D eigenvalue weighted by atomic mass is 32.2. The lowest BCUT2D eigenvalue weighted by Crippen LogP contribution is -2.00. The number of aromatic nitrogens is 6. The normalized spacial score (nSPS) is 11.0. The maximum atomic E-state index is 5.60. The van der Waals surface area contributed by atoms with Gasteiger partial charge in [-0.1, -0.05) is 48.1 Å². The van der Waals surface area contributed by atoms with Gasteiger partial charge in [-0.3, -0.25) is 9.55 Å². The highest BCUT2D eigenvalue weighted by Crippen LogP contribution is 2.30. The van der Waals surface area contributed by atoms with Gasteiger partial charge in [-0.2, -0.15) is 4.98 Å². The van der Waals surface area contributed by atoms with Crippen molar-refractivity contribution in [3.8, 4) is 34.2 Å². The van der Waals surface area contributed by atoms with Crippen molar-refractivity contribution in [1.29, 1.82) is 0 Å². The summed E-state index contributed by atoms with van der Waals surface area (Å²) in [6.45, 7) is 4.71. The van der Waals surface area contributed by atoms with Crippen LogP contribution in [0.25, 0.3) is 28.5 Å². The van der Waals surface area contributed by atoms with Crippen molar-refractivity contribution in [2.75, 3.05) is 6.61 Å². The van der Waals surface area contributed by atoms with Crippen molar-refractivity contribution in [3.05, 3.63) is 84.5 Å². The highest BCUT2D eigenvalue weighted by molar-refractivity contribution is 7.98. The summed E-state index contributed by atoms with van der Waals surface area (Å²) < 4.78 is 13.1. The second-order valence-corrected chi connectivity index (χ2v) is 8.60. The average Bonchev–Trinajstić information content (AvgIpc) is 3.56. The molecule has 0 unspecified atom stereocenters. The fraction of sp³-hybridized carbons (Fsp3) is 0.192. The molecule has 0 saturated heterocycles. The molecule has 0 atom stereocenters. The van der Waals surface area contributed by atoms with E-state index in [1.807, 2.05) is 60.0 Å². The third kappa shape index (κ3) is 5.09. The van der Waals surface area contributed by atoms with Gasteiger partial charge in [-0.25, -0.2) is 0 Å². The molecule has 3 aromatic heterocycles. The fourth-order valence-corrected chi connectivity index (χ4v) is 4.38. The molecule has 0 aliphatic carbocycles. The second-order valence-electron chi connectivity index (χ2n) is 7.66. The van der Waals surface area contributed by atoms with E-state index in [4.69, 9.17) is 9.26 Å². The topological polar surface area (TPSA) is 91.8 Å². The number of aryl methyl sites for hydroxylation is 1. The summed E-state index contributed by atoms with van der Waals surface area (Å²) in [5.74, 6) is 3.10. The minimum atomic E-state index is 0.464. The Hall–Kier alpha value is -3.98. The van der Waals surface area contributed by atoms with Gasteiger partial charge in [-0.05, 0) is 55.3 Å². The monoisotopic (exact) mass is 484 g/mol. The van der Waals surface area contributed by atoms with Crippen LogP contribution in [0.15, 0.2) is 82.7 Å². The molecule has 0 N–H and O–H groups in total. The number of benzene rings is 2. The molecule has 5 rings (SSSR count). The van der Waals surface area contributed by atoms with Crippen LogP contribution in [0, 0.1) is 0 Å². The van der Waals surface area contributed by atoms with Crippen molar-refractivity contribution < 1.29 is 9.26 Å². The van der Waals surface area contributed by atoms with E-state index in [0.29, 0.717) is 29.2 Å². The minimum Gasteiger partial charge on any atom is -0.494 e. The third-order valence-electron chi connectivity index (χ3n) is 5.39. The predicted octanol–water partition coefficient (Wildman–Crippen LogP) is 5.63. The Bertz CT molecular complexity index is 1380. The van der Waals surface area contributed by atoms with E-state index in [9.17, 15) is 0 Å². The maximum Gasteiger partial charge on any atom is 0.237 e. The Balaban J connectivity index is 1.41. The summed E-state index contributed by atoms with van der Waals surface area (Å²) in [6, 6.07) is 19.9. The number of pyridine rings is 1. The van der Waals surface area contributed by atoms with Crippen molar-refractivity contribution >= 4 is 11.8 Å². The summed E-state index contributed by atoms with van der Waals surface area (Å²) in [7, 11) is 0. The van der Waals surface area contributed by atoms with Crippen LogP contribution in [-0.2, 0) is 12.2 Å². The summed E-state index contributed by atoms with van der Waals surface area (Å²) in [4.78, 5) is 8.69. The van der Waals surface area contributed by atoms with Crippen LogP contribution in [-0.4, -0.2) is 36.5 Å². The van der Waals surface area contributed by atoms with Gasteiger partial charge >= 0.3 is 0 Å². The van der Waals surface area contributed by atoms with Gasteiger partial charge in [0.05, 0.1) is 12.4 Å². The van der Waals surface area contributed by atoms with Crippen molar-refractivity contribution in [2.45, 2.75) is 31.2 Å². The van der Waals surface area contributed by atoms with E-state index in [0.717, 1.165) is 34.8 Å². The quantitative estimate of drug-likeness (QED) is 0.249. The summed E-state index contributed by atoms with van der Waals surface area (Å²) in [5.41, 5.74) is 4.05. The van der Waals surface area contributed by atoms with E-state index < -0.39 is 0 Å². The molecule has 0 amide bonds. The molecule has 35 heavy (non-hydrogen) atoms. The molecule has 2 aromatic carbocycles. The van der Waals surface area contributed by atoms with Crippen molar-refractivity contribution in [1.82, 2.24) is 29.9 Å². The molecule has 176 valence electrons. The van der Waals surface area contributed by atoms with Gasteiger partial charge in [0.1, 0.15) is 5.75 Å². The molecular weight excluding hydrogens is 460 g/mol. The van der Waals surface area contributed by atoms with Crippen LogP contribution in [0.5, 0.6) is 5.75 Å². The molecule has 0 saturated carbocycles. The zero-order chi connectivity index (χ0) is 24.0. The smallest absolute Gasteiger partial charge is 0.237 e. The zero-order valence-electron chi connectivity index (χ0n) is 19.5. The number of thioether (sulfide) groups is 1. The first-order valence-electron chi connectivity index (χ1n) is 11.4. The molecule has 9 heteroatoms. The lowest BCUT2D eigenvalue weighted by molar-refractivity contribution is 0.340. The molecular formula is C26H24N6O2S. The standard InChI is InChI=1S/C26H24N6O2S/c1-3-18-5-7-19(8-6-18)24-28-23(34-31-24)17-35-26-30-29-25(20-13-15-27-16-14-20)32(26)21-9-11-22(12-10-21)33-4-2/h5-16H,3-4,17H2,1-2H3. The summed E-state index contributed by atoms with van der Waals surface area (Å²) in [6.07, 6.45) is 4.48. The third-order valence-corrected chi connectivity index (χ3v) is 6.30. The molecule has 8 nitrogen and oxygen atoms in total. The Morgan fingerprint density at radius 1 is 0.886 bits per heavy atom. The minimum absolute atomic E-state index is 0.464. The van der Waals surface area contributed by atoms with Gasteiger partial charge in [-0.15, -0.1) is 10.2 Å². The number of hydrogen-bond donors (Lipinski definition) is 0. The first-order chi connectivity index (χ1) is 17.2. The van der Waals surface area contributed by atoms with E-state index in [-0.39, 0.29) is 0 Å². The summed E-state index contributed by atoms with van der Waals surface area (Å²) >= 11 is 1.49. The lowest BCUT2D eigenvalue weighted by Gasteiger charge is -2.11. The predicted molar refractivity (Wildman–Crippen MR) is 134 cm³/mol. The largest absolute Gasteiger partial charge is 0.494 e. The average molecular weight is 485 g/mol. The van der Waals surface area contributed by atoms with Crippen molar-refractivity contribution in [2.24, 2.45) is 0 Å². The number of nitrogens with zero attached hydrogens (tertiary/aromatic N) is 6. The van der Waals surface area contributed by atoms with E-state index in [1.165, 1.54) is 17.3 Å². The molecule has 0 aliphatic heterocycles. The zero-order valence-corrected chi connectivity index (χ0v) is 20.3. The Kier molecular flexibility index (Phi) is 6.85. The fourth-order valence-electron chi connectivity index (χ4n) is 3.59. The van der Waals surface area contributed by atoms with Crippen molar-refractivity contribution in [3.63, 3.8) is 0 Å². The number of rotatable bonds is 9. The van der Waals surface area contributed by atoms with Gasteiger partial charge in [0.15, 0.2) is 11.0 Å². The molecule has 0 spiro atoms. The highest BCUT2D eigenvalue weighted by Gasteiger charge is 2.18. The van der Waals surface area contributed by atoms with Gasteiger partial charge in [0.25, 0.3) is 0 Å². The van der Waals surface area contributed by atoms with Crippen LogP contribution in [0.2, 0.25) is 0 Å². The maximum absolute atomic E-state index is 5.60.